The quantitative estimate of drug-likeness (QED) is 0.806. The first-order chi connectivity index (χ1) is 8.88. The van der Waals surface area contributed by atoms with Crippen molar-refractivity contribution >= 4 is 23.1 Å². The molecule has 0 spiro atoms. The molecule has 3 nitrogen and oxygen atoms in total. The third kappa shape index (κ3) is 3.32. The number of hydrogen-bond acceptors (Lipinski definition) is 4. The minimum Gasteiger partial charge on any atom is -0.487 e. The number of nitrogens with zero attached hydrogens (tertiary/aromatic N) is 2. The van der Waals surface area contributed by atoms with E-state index in [-0.39, 0.29) is 16.7 Å². The molecule has 102 valence electrons. The van der Waals surface area contributed by atoms with Crippen molar-refractivity contribution in [1.82, 2.24) is 9.59 Å². The number of aromatic nitrogens is 2. The lowest BCUT2D eigenvalue weighted by Crippen LogP contribution is -2.08. The van der Waals surface area contributed by atoms with Gasteiger partial charge in [-0.3, -0.25) is 0 Å². The molecule has 2 rings (SSSR count). The fourth-order valence-electron chi connectivity index (χ4n) is 1.25. The smallest absolute Gasteiger partial charge is 0.419 e. The van der Waals surface area contributed by atoms with Gasteiger partial charge in [0.25, 0.3) is 0 Å². The molecule has 19 heavy (non-hydrogen) atoms. The summed E-state index contributed by atoms with van der Waals surface area (Å²) in [6.07, 6.45) is -4.77. The number of halogens is 5. The van der Waals surface area contributed by atoms with Gasteiger partial charge in [0, 0.05) is 11.5 Å². The Kier molecular flexibility index (Phi) is 3.91. The Morgan fingerprint density at radius 2 is 2.05 bits per heavy atom. The van der Waals surface area contributed by atoms with Crippen molar-refractivity contribution in [2.45, 2.75) is 12.8 Å². The van der Waals surface area contributed by atoms with E-state index in [1.807, 2.05) is 0 Å². The molecule has 1 aromatic heterocycles. The summed E-state index contributed by atoms with van der Waals surface area (Å²) in [7, 11) is 0. The summed E-state index contributed by atoms with van der Waals surface area (Å²) in [5.41, 5.74) is -1.07. The fourth-order valence-corrected chi connectivity index (χ4v) is 1.85. The van der Waals surface area contributed by atoms with Crippen LogP contribution in [0, 0.1) is 5.82 Å². The molecule has 0 saturated heterocycles. The van der Waals surface area contributed by atoms with E-state index in [0.29, 0.717) is 17.8 Å². The molecule has 0 aliphatic heterocycles. The minimum atomic E-state index is -4.77. The van der Waals surface area contributed by atoms with Crippen molar-refractivity contribution in [1.29, 1.82) is 0 Å². The van der Waals surface area contributed by atoms with E-state index in [4.69, 9.17) is 16.3 Å². The zero-order valence-electron chi connectivity index (χ0n) is 9.04. The topological polar surface area (TPSA) is 35.0 Å². The zero-order chi connectivity index (χ0) is 14.0. The lowest BCUT2D eigenvalue weighted by atomic mass is 10.2. The highest BCUT2D eigenvalue weighted by atomic mass is 35.5. The van der Waals surface area contributed by atoms with Crippen molar-refractivity contribution in [3.63, 3.8) is 0 Å². The molecule has 0 saturated carbocycles. The second-order valence-corrected chi connectivity index (χ2v) is 4.78. The Morgan fingerprint density at radius 3 is 2.63 bits per heavy atom. The van der Waals surface area contributed by atoms with Gasteiger partial charge in [-0.25, -0.2) is 4.39 Å². The highest BCUT2D eigenvalue weighted by Gasteiger charge is 2.34. The Balaban J connectivity index is 2.16. The van der Waals surface area contributed by atoms with Crippen molar-refractivity contribution in [3.05, 3.63) is 39.6 Å². The summed E-state index contributed by atoms with van der Waals surface area (Å²) in [6.45, 7) is -0.141. The average Bonchev–Trinajstić information content (AvgIpc) is 2.72. The summed E-state index contributed by atoms with van der Waals surface area (Å²) in [5.74, 6) is -1.48. The van der Waals surface area contributed by atoms with E-state index >= 15 is 0 Å². The first kappa shape index (κ1) is 14.0. The van der Waals surface area contributed by atoms with Gasteiger partial charge in [0.2, 0.25) is 0 Å². The SMILES string of the molecule is Fc1ccc(OCc2nnsc2Cl)cc1C(F)(F)F. The molecular formula is C10H5ClF4N2OS. The van der Waals surface area contributed by atoms with Gasteiger partial charge in [0.1, 0.15) is 28.2 Å². The summed E-state index contributed by atoms with van der Waals surface area (Å²) in [6, 6.07) is 2.38. The number of benzene rings is 1. The molecular weight excluding hydrogens is 308 g/mol. The largest absolute Gasteiger partial charge is 0.487 e. The van der Waals surface area contributed by atoms with Crippen LogP contribution in [0.4, 0.5) is 17.6 Å². The predicted octanol–water partition coefficient (Wildman–Crippen LogP) is 3.93. The maximum absolute atomic E-state index is 13.0. The molecule has 0 radical (unpaired) electrons. The molecule has 1 aromatic carbocycles. The molecule has 0 bridgehead atoms. The number of hydrogen-bond donors (Lipinski definition) is 0. The maximum Gasteiger partial charge on any atom is 0.419 e. The summed E-state index contributed by atoms with van der Waals surface area (Å²) < 4.78 is 59.3. The molecule has 9 heteroatoms. The molecule has 2 aromatic rings. The minimum absolute atomic E-state index is 0.127. The van der Waals surface area contributed by atoms with Crippen LogP contribution in [-0.4, -0.2) is 9.59 Å². The van der Waals surface area contributed by atoms with Crippen LogP contribution in [-0.2, 0) is 12.8 Å². The first-order valence-corrected chi connectivity index (χ1v) is 5.99. The van der Waals surface area contributed by atoms with Crippen LogP contribution in [0.25, 0.3) is 0 Å². The second-order valence-electron chi connectivity index (χ2n) is 3.42. The molecule has 0 fully saturated rings. The highest BCUT2D eigenvalue weighted by Crippen LogP contribution is 2.33. The van der Waals surface area contributed by atoms with Gasteiger partial charge in [0.15, 0.2) is 0 Å². The van der Waals surface area contributed by atoms with Crippen LogP contribution in [0.15, 0.2) is 18.2 Å². The predicted molar refractivity (Wildman–Crippen MR) is 60.7 cm³/mol. The molecule has 1 heterocycles. The van der Waals surface area contributed by atoms with E-state index in [0.717, 1.165) is 17.6 Å². The standard InChI is InChI=1S/C10H5ClF4N2OS/c11-9-8(16-17-19-9)4-18-5-1-2-7(12)6(3-5)10(13,14)15/h1-3H,4H2. The molecule has 0 amide bonds. The number of alkyl halides is 3. The Morgan fingerprint density at radius 1 is 1.32 bits per heavy atom. The fraction of sp³-hybridized carbons (Fsp3) is 0.200. The van der Waals surface area contributed by atoms with Crippen LogP contribution >= 0.6 is 23.1 Å². The van der Waals surface area contributed by atoms with Crippen LogP contribution in [0.3, 0.4) is 0 Å². The van der Waals surface area contributed by atoms with Crippen molar-refractivity contribution in [2.75, 3.05) is 0 Å². The van der Waals surface area contributed by atoms with Crippen molar-refractivity contribution < 1.29 is 22.3 Å². The molecule has 0 aliphatic carbocycles. The van der Waals surface area contributed by atoms with Crippen LogP contribution in [0.5, 0.6) is 5.75 Å². The monoisotopic (exact) mass is 312 g/mol. The summed E-state index contributed by atoms with van der Waals surface area (Å²) in [5, 5.41) is 3.63. The molecule has 0 unspecified atom stereocenters. The van der Waals surface area contributed by atoms with Crippen LogP contribution in [0.1, 0.15) is 11.3 Å². The zero-order valence-corrected chi connectivity index (χ0v) is 10.6. The van der Waals surface area contributed by atoms with Gasteiger partial charge in [0.05, 0.1) is 5.56 Å². The van der Waals surface area contributed by atoms with Gasteiger partial charge in [-0.05, 0) is 18.2 Å². The Hall–Kier alpha value is -1.41. The lowest BCUT2D eigenvalue weighted by Gasteiger charge is -2.10. The van der Waals surface area contributed by atoms with Crippen molar-refractivity contribution in [3.8, 4) is 5.75 Å². The van der Waals surface area contributed by atoms with E-state index in [1.165, 1.54) is 0 Å². The normalized spacial score (nSPS) is 11.6. The van der Waals surface area contributed by atoms with Crippen molar-refractivity contribution in [2.24, 2.45) is 0 Å². The Bertz CT molecular complexity index is 587. The molecule has 0 atom stereocenters. The average molecular weight is 313 g/mol. The Labute approximate surface area is 113 Å². The van der Waals surface area contributed by atoms with Gasteiger partial charge in [-0.1, -0.05) is 16.1 Å². The third-order valence-electron chi connectivity index (χ3n) is 2.13. The maximum atomic E-state index is 13.0. The highest BCUT2D eigenvalue weighted by molar-refractivity contribution is 7.10. The van der Waals surface area contributed by atoms with Gasteiger partial charge in [-0.15, -0.1) is 5.10 Å². The van der Waals surface area contributed by atoms with E-state index < -0.39 is 17.6 Å². The van der Waals surface area contributed by atoms with E-state index in [1.54, 1.807) is 0 Å². The molecule has 0 N–H and O–H groups in total. The molecule has 0 aliphatic rings. The van der Waals surface area contributed by atoms with E-state index in [2.05, 4.69) is 9.59 Å². The summed E-state index contributed by atoms with van der Waals surface area (Å²) >= 11 is 6.64. The van der Waals surface area contributed by atoms with Crippen LogP contribution < -0.4 is 4.74 Å². The number of rotatable bonds is 3. The van der Waals surface area contributed by atoms with Crippen LogP contribution in [0.2, 0.25) is 4.34 Å². The second kappa shape index (κ2) is 5.30. The van der Waals surface area contributed by atoms with Gasteiger partial charge < -0.3 is 4.74 Å². The van der Waals surface area contributed by atoms with Gasteiger partial charge in [-0.2, -0.15) is 13.2 Å². The first-order valence-electron chi connectivity index (χ1n) is 4.84. The van der Waals surface area contributed by atoms with Gasteiger partial charge >= 0.3 is 6.18 Å². The third-order valence-corrected chi connectivity index (χ3v) is 3.11. The van der Waals surface area contributed by atoms with E-state index in [9.17, 15) is 17.6 Å². The lowest BCUT2D eigenvalue weighted by molar-refractivity contribution is -0.140. The number of ether oxygens (including phenoxy) is 1. The summed E-state index contributed by atoms with van der Waals surface area (Å²) in [4.78, 5) is 0.